The summed E-state index contributed by atoms with van der Waals surface area (Å²) in [7, 11) is 0. The molecule has 0 atom stereocenters. The molecular formula is C19H25BrN4O. The van der Waals surface area contributed by atoms with Gasteiger partial charge in [-0.1, -0.05) is 29.8 Å². The maximum Gasteiger partial charge on any atom is 0.244 e. The van der Waals surface area contributed by atoms with Gasteiger partial charge in [0.05, 0.1) is 15.9 Å². The van der Waals surface area contributed by atoms with Crippen LogP contribution in [0.1, 0.15) is 22.5 Å². The number of amides is 1. The highest BCUT2D eigenvalue weighted by Crippen LogP contribution is 2.20. The molecule has 1 aromatic carbocycles. The summed E-state index contributed by atoms with van der Waals surface area (Å²) in [6, 6.07) is 8.64. The van der Waals surface area contributed by atoms with Crippen molar-refractivity contribution >= 4 is 21.8 Å². The van der Waals surface area contributed by atoms with Crippen LogP contribution in [0.15, 0.2) is 28.7 Å². The van der Waals surface area contributed by atoms with Crippen molar-refractivity contribution in [2.24, 2.45) is 0 Å². The Hall–Kier alpha value is -1.66. The molecule has 1 aliphatic rings. The molecule has 5 nitrogen and oxygen atoms in total. The zero-order valence-electron chi connectivity index (χ0n) is 15.1. The number of halogens is 1. The summed E-state index contributed by atoms with van der Waals surface area (Å²) in [4.78, 5) is 17.0. The normalized spacial score (nSPS) is 15.6. The molecule has 0 aliphatic carbocycles. The monoisotopic (exact) mass is 404 g/mol. The van der Waals surface area contributed by atoms with Crippen molar-refractivity contribution in [3.8, 4) is 0 Å². The van der Waals surface area contributed by atoms with E-state index in [1.807, 2.05) is 18.7 Å². The van der Waals surface area contributed by atoms with Gasteiger partial charge < -0.3 is 4.90 Å². The van der Waals surface area contributed by atoms with Crippen LogP contribution in [0.5, 0.6) is 0 Å². The van der Waals surface area contributed by atoms with Gasteiger partial charge in [0.15, 0.2) is 0 Å². The SMILES string of the molecule is Cc1cccc(CN2CCN(C(=O)Cn3nc(C)c(Br)c3C)CC2)c1. The summed E-state index contributed by atoms with van der Waals surface area (Å²) < 4.78 is 2.78. The molecule has 1 saturated heterocycles. The first-order valence-electron chi connectivity index (χ1n) is 8.69. The second kappa shape index (κ2) is 7.70. The Kier molecular flexibility index (Phi) is 5.59. The van der Waals surface area contributed by atoms with Crippen LogP contribution >= 0.6 is 15.9 Å². The lowest BCUT2D eigenvalue weighted by Crippen LogP contribution is -2.49. The summed E-state index contributed by atoms with van der Waals surface area (Å²) in [5.74, 6) is 0.147. The van der Waals surface area contributed by atoms with Crippen molar-refractivity contribution in [2.45, 2.75) is 33.9 Å². The van der Waals surface area contributed by atoms with E-state index in [-0.39, 0.29) is 5.91 Å². The third-order valence-electron chi connectivity index (χ3n) is 4.79. The van der Waals surface area contributed by atoms with Gasteiger partial charge in [-0.3, -0.25) is 14.4 Å². The van der Waals surface area contributed by atoms with Crippen molar-refractivity contribution in [3.63, 3.8) is 0 Å². The summed E-state index contributed by atoms with van der Waals surface area (Å²) in [5.41, 5.74) is 4.56. The highest BCUT2D eigenvalue weighted by Gasteiger charge is 2.22. The molecule has 0 unspecified atom stereocenters. The number of carbonyl (C=O) groups is 1. The van der Waals surface area contributed by atoms with E-state index in [2.05, 4.69) is 57.1 Å². The molecule has 1 aromatic heterocycles. The van der Waals surface area contributed by atoms with E-state index in [1.54, 1.807) is 4.68 Å². The van der Waals surface area contributed by atoms with E-state index >= 15 is 0 Å². The van der Waals surface area contributed by atoms with Crippen LogP contribution in [-0.4, -0.2) is 51.7 Å². The van der Waals surface area contributed by atoms with E-state index in [0.717, 1.165) is 48.6 Å². The van der Waals surface area contributed by atoms with Crippen molar-refractivity contribution in [1.82, 2.24) is 19.6 Å². The van der Waals surface area contributed by atoms with Crippen LogP contribution in [0.4, 0.5) is 0 Å². The summed E-state index contributed by atoms with van der Waals surface area (Å²) in [6.45, 7) is 10.7. The van der Waals surface area contributed by atoms with Gasteiger partial charge in [-0.15, -0.1) is 0 Å². The van der Waals surface area contributed by atoms with Gasteiger partial charge in [0.2, 0.25) is 5.91 Å². The van der Waals surface area contributed by atoms with Crippen LogP contribution < -0.4 is 0 Å². The van der Waals surface area contributed by atoms with Gasteiger partial charge >= 0.3 is 0 Å². The molecule has 0 radical (unpaired) electrons. The number of aryl methyl sites for hydroxylation is 2. The Bertz CT molecular complexity index is 763. The van der Waals surface area contributed by atoms with Crippen LogP contribution in [0.25, 0.3) is 0 Å². The highest BCUT2D eigenvalue weighted by atomic mass is 79.9. The topological polar surface area (TPSA) is 41.4 Å². The second-order valence-electron chi connectivity index (χ2n) is 6.79. The van der Waals surface area contributed by atoms with Gasteiger partial charge in [0.1, 0.15) is 6.54 Å². The number of hydrogen-bond donors (Lipinski definition) is 0. The zero-order valence-corrected chi connectivity index (χ0v) is 16.7. The molecule has 3 rings (SSSR count). The number of nitrogens with zero attached hydrogens (tertiary/aromatic N) is 4. The van der Waals surface area contributed by atoms with Gasteiger partial charge in [-0.25, -0.2) is 0 Å². The second-order valence-corrected chi connectivity index (χ2v) is 7.58. The Morgan fingerprint density at radius 2 is 1.88 bits per heavy atom. The average molecular weight is 405 g/mol. The molecule has 1 fully saturated rings. The predicted molar refractivity (Wildman–Crippen MR) is 102 cm³/mol. The van der Waals surface area contributed by atoms with E-state index in [4.69, 9.17) is 0 Å². The molecule has 0 spiro atoms. The minimum Gasteiger partial charge on any atom is -0.339 e. The molecule has 0 bridgehead atoms. The number of aromatic nitrogens is 2. The Morgan fingerprint density at radius 1 is 1.16 bits per heavy atom. The number of benzene rings is 1. The zero-order chi connectivity index (χ0) is 18.0. The van der Waals surface area contributed by atoms with E-state index in [0.29, 0.717) is 6.54 Å². The Labute approximate surface area is 157 Å². The van der Waals surface area contributed by atoms with Crippen LogP contribution in [0.3, 0.4) is 0 Å². The minimum atomic E-state index is 0.147. The minimum absolute atomic E-state index is 0.147. The standard InChI is InChI=1S/C19H25BrN4O/c1-14-5-4-6-17(11-14)12-22-7-9-23(10-8-22)18(25)13-24-16(3)19(20)15(2)21-24/h4-6,11H,7-10,12-13H2,1-3H3. The first-order chi connectivity index (χ1) is 11.9. The van der Waals surface area contributed by atoms with Crippen molar-refractivity contribution in [3.05, 3.63) is 51.3 Å². The fourth-order valence-corrected chi connectivity index (χ4v) is 3.57. The van der Waals surface area contributed by atoms with Gasteiger partial charge in [0, 0.05) is 32.7 Å². The molecule has 2 aromatic rings. The fourth-order valence-electron chi connectivity index (χ4n) is 3.28. The Morgan fingerprint density at radius 3 is 2.48 bits per heavy atom. The largest absolute Gasteiger partial charge is 0.339 e. The third-order valence-corrected chi connectivity index (χ3v) is 5.94. The number of hydrogen-bond acceptors (Lipinski definition) is 3. The summed E-state index contributed by atoms with van der Waals surface area (Å²) >= 11 is 3.52. The Balaban J connectivity index is 1.53. The van der Waals surface area contributed by atoms with E-state index in [9.17, 15) is 4.79 Å². The van der Waals surface area contributed by atoms with Gasteiger partial charge in [0.25, 0.3) is 0 Å². The maximum absolute atomic E-state index is 12.6. The number of carbonyl (C=O) groups excluding carboxylic acids is 1. The molecule has 0 N–H and O–H groups in total. The van der Waals surface area contributed by atoms with Crippen LogP contribution in [0.2, 0.25) is 0 Å². The molecule has 1 amide bonds. The van der Waals surface area contributed by atoms with E-state index in [1.165, 1.54) is 11.1 Å². The quantitative estimate of drug-likeness (QED) is 0.786. The van der Waals surface area contributed by atoms with Crippen LogP contribution in [-0.2, 0) is 17.9 Å². The lowest BCUT2D eigenvalue weighted by Gasteiger charge is -2.34. The first kappa shape index (κ1) is 18.1. The predicted octanol–water partition coefficient (Wildman–Crippen LogP) is 2.92. The van der Waals surface area contributed by atoms with Crippen LogP contribution in [0, 0.1) is 20.8 Å². The third kappa shape index (κ3) is 4.30. The molecular weight excluding hydrogens is 380 g/mol. The van der Waals surface area contributed by atoms with Crippen molar-refractivity contribution < 1.29 is 4.79 Å². The molecule has 134 valence electrons. The molecule has 2 heterocycles. The van der Waals surface area contributed by atoms with Crippen molar-refractivity contribution in [2.75, 3.05) is 26.2 Å². The summed E-state index contributed by atoms with van der Waals surface area (Å²) in [5, 5.41) is 4.44. The lowest BCUT2D eigenvalue weighted by molar-refractivity contribution is -0.133. The molecule has 1 aliphatic heterocycles. The molecule has 25 heavy (non-hydrogen) atoms. The van der Waals surface area contributed by atoms with Gasteiger partial charge in [-0.2, -0.15) is 5.10 Å². The maximum atomic E-state index is 12.6. The smallest absolute Gasteiger partial charge is 0.244 e. The van der Waals surface area contributed by atoms with E-state index < -0.39 is 0 Å². The average Bonchev–Trinajstić information content (AvgIpc) is 2.82. The molecule has 0 saturated carbocycles. The fraction of sp³-hybridized carbons (Fsp3) is 0.474. The van der Waals surface area contributed by atoms with Crippen molar-refractivity contribution in [1.29, 1.82) is 0 Å². The summed E-state index contributed by atoms with van der Waals surface area (Å²) in [6.07, 6.45) is 0. The first-order valence-corrected chi connectivity index (χ1v) is 9.48. The number of piperazine rings is 1. The lowest BCUT2D eigenvalue weighted by atomic mass is 10.1. The van der Waals surface area contributed by atoms with Gasteiger partial charge in [-0.05, 0) is 42.3 Å². The number of rotatable bonds is 4. The highest BCUT2D eigenvalue weighted by molar-refractivity contribution is 9.10. The molecule has 6 heteroatoms.